The van der Waals surface area contributed by atoms with E-state index in [1.54, 1.807) is 6.07 Å². The van der Waals surface area contributed by atoms with Gasteiger partial charge in [-0.3, -0.25) is 0 Å². The highest BCUT2D eigenvalue weighted by atomic mass is 16.5. The van der Waals surface area contributed by atoms with E-state index in [1.165, 1.54) is 39.0 Å². The van der Waals surface area contributed by atoms with Crippen molar-refractivity contribution in [3.63, 3.8) is 0 Å². The fourth-order valence-corrected chi connectivity index (χ4v) is 5.42. The van der Waals surface area contributed by atoms with E-state index in [-0.39, 0.29) is 6.61 Å². The van der Waals surface area contributed by atoms with Crippen molar-refractivity contribution in [3.8, 4) is 33.8 Å². The summed E-state index contributed by atoms with van der Waals surface area (Å²) in [6.07, 6.45) is 0.813. The average Bonchev–Trinajstić information content (AvgIpc) is 3.03. The van der Waals surface area contributed by atoms with E-state index in [9.17, 15) is 4.79 Å². The molecule has 0 aliphatic carbocycles. The van der Waals surface area contributed by atoms with Gasteiger partial charge in [0.2, 0.25) is 0 Å². The second-order valence-corrected chi connectivity index (χ2v) is 11.1. The molecule has 0 radical (unpaired) electrons. The Bertz CT molecular complexity index is 1690. The van der Waals surface area contributed by atoms with Crippen LogP contribution in [-0.2, 0) is 4.79 Å². The maximum absolute atomic E-state index is 10.9. The number of carboxylic acids is 1. The second-order valence-electron chi connectivity index (χ2n) is 11.1. The minimum absolute atomic E-state index is 0.377. The molecule has 0 fully saturated rings. The lowest BCUT2D eigenvalue weighted by atomic mass is 9.89. The van der Waals surface area contributed by atoms with Crippen molar-refractivity contribution in [2.45, 2.75) is 34.1 Å². The number of benzene rings is 5. The van der Waals surface area contributed by atoms with E-state index < -0.39 is 5.97 Å². The molecule has 0 amide bonds. The smallest absolute Gasteiger partial charge is 0.341 e. The van der Waals surface area contributed by atoms with Crippen LogP contribution in [0.2, 0.25) is 0 Å². The lowest BCUT2D eigenvalue weighted by Crippen LogP contribution is -2.10. The van der Waals surface area contributed by atoms with E-state index in [2.05, 4.69) is 118 Å². The van der Waals surface area contributed by atoms with Crippen LogP contribution in [0.1, 0.15) is 41.2 Å². The highest BCUT2D eigenvalue weighted by Crippen LogP contribution is 2.33. The molecule has 0 saturated carbocycles. The minimum atomic E-state index is -1.01. The minimum Gasteiger partial charge on any atom is -0.489 e. The molecule has 5 aromatic carbocycles. The van der Waals surface area contributed by atoms with Gasteiger partial charge >= 0.3 is 5.97 Å². The summed E-state index contributed by atoms with van der Waals surface area (Å²) >= 11 is 0. The number of hydrogen-bond acceptors (Lipinski definition) is 3. The Balaban J connectivity index is 1.49. The van der Waals surface area contributed by atoms with Crippen LogP contribution in [0, 0.1) is 20.8 Å². The summed E-state index contributed by atoms with van der Waals surface area (Å²) in [5, 5.41) is 8.95. The van der Waals surface area contributed by atoms with E-state index in [4.69, 9.17) is 14.6 Å². The zero-order valence-electron chi connectivity index (χ0n) is 25.8. The molecule has 0 atom stereocenters. The number of carbonyl (C=O) groups is 1. The largest absolute Gasteiger partial charge is 0.489 e. The second kappa shape index (κ2) is 13.9. The molecule has 1 N–H and O–H groups in total. The van der Waals surface area contributed by atoms with Crippen molar-refractivity contribution in [1.29, 1.82) is 0 Å². The van der Waals surface area contributed by atoms with Gasteiger partial charge in [-0.25, -0.2) is 4.79 Å². The number of rotatable bonds is 11. The first-order valence-electron chi connectivity index (χ1n) is 15.0. The van der Waals surface area contributed by atoms with Crippen LogP contribution in [-0.4, -0.2) is 24.3 Å². The lowest BCUT2D eigenvalue weighted by Gasteiger charge is -2.18. The third-order valence-corrected chi connectivity index (χ3v) is 7.74. The quantitative estimate of drug-likeness (QED) is 0.168. The molecule has 0 saturated heterocycles. The highest BCUT2D eigenvalue weighted by molar-refractivity contribution is 5.84. The lowest BCUT2D eigenvalue weighted by molar-refractivity contribution is -0.139. The molecule has 4 heteroatoms. The van der Waals surface area contributed by atoms with Crippen molar-refractivity contribution >= 4 is 11.5 Å². The molecule has 0 aliphatic heterocycles. The molecule has 0 unspecified atom stereocenters. The number of aryl methyl sites for hydroxylation is 3. The van der Waals surface area contributed by atoms with Gasteiger partial charge in [0.05, 0.1) is 0 Å². The predicted molar refractivity (Wildman–Crippen MR) is 179 cm³/mol. The standard InChI is InChI=1S/C40H38O4/c1-5-30(25-43-37-20-21-38(29(4)24-37)44-26-39(41)42)40(33-16-12-31(13-17-33)35-10-6-8-27(2)22-35)34-18-14-32(15-19-34)36-11-7-9-28(3)23-36/h6-24H,5,25-26H2,1-4H3,(H,41,42). The van der Waals surface area contributed by atoms with E-state index in [1.807, 2.05) is 19.1 Å². The highest BCUT2D eigenvalue weighted by Gasteiger charge is 2.14. The number of aliphatic carboxylic acids is 1. The van der Waals surface area contributed by atoms with Gasteiger partial charge in [0.15, 0.2) is 6.61 Å². The average molecular weight is 583 g/mol. The van der Waals surface area contributed by atoms with Gasteiger partial charge in [-0.15, -0.1) is 0 Å². The molecular weight excluding hydrogens is 544 g/mol. The molecule has 0 spiro atoms. The van der Waals surface area contributed by atoms with Crippen molar-refractivity contribution in [1.82, 2.24) is 0 Å². The molecule has 0 aliphatic rings. The summed E-state index contributed by atoms with van der Waals surface area (Å²) in [5.41, 5.74) is 12.7. The molecular formula is C40H38O4. The number of hydrogen-bond donors (Lipinski definition) is 1. The fourth-order valence-electron chi connectivity index (χ4n) is 5.42. The third kappa shape index (κ3) is 7.45. The number of carboxylic acid groups (broad SMARTS) is 1. The summed E-state index contributed by atoms with van der Waals surface area (Å²) in [7, 11) is 0. The first-order valence-corrected chi connectivity index (χ1v) is 15.0. The SMILES string of the molecule is CCC(COc1ccc(OCC(=O)O)c(C)c1)=C(c1ccc(-c2cccc(C)c2)cc1)c1ccc(-c2cccc(C)c2)cc1. The predicted octanol–water partition coefficient (Wildman–Crippen LogP) is 9.70. The monoisotopic (exact) mass is 582 g/mol. The van der Waals surface area contributed by atoms with Crippen LogP contribution in [0.4, 0.5) is 0 Å². The molecule has 44 heavy (non-hydrogen) atoms. The number of ether oxygens (including phenoxy) is 2. The molecule has 5 rings (SSSR count). The Labute approximate surface area is 260 Å². The van der Waals surface area contributed by atoms with Crippen LogP contribution in [0.15, 0.2) is 121 Å². The summed E-state index contributed by atoms with van der Waals surface area (Å²) in [4.78, 5) is 10.9. The van der Waals surface area contributed by atoms with Gasteiger partial charge < -0.3 is 14.6 Å². The summed E-state index contributed by atoms with van der Waals surface area (Å²) in [6, 6.07) is 40.2. The summed E-state index contributed by atoms with van der Waals surface area (Å²) < 4.78 is 11.7. The molecule has 0 aromatic heterocycles. The van der Waals surface area contributed by atoms with Crippen LogP contribution in [0.25, 0.3) is 27.8 Å². The zero-order chi connectivity index (χ0) is 31.1. The van der Waals surface area contributed by atoms with Crippen molar-refractivity contribution in [3.05, 3.63) is 149 Å². The first kappa shape index (κ1) is 30.4. The maximum atomic E-state index is 10.9. The van der Waals surface area contributed by atoms with E-state index in [0.29, 0.717) is 18.1 Å². The first-order chi connectivity index (χ1) is 21.3. The summed E-state index contributed by atoms with van der Waals surface area (Å²) in [6.45, 7) is 8.32. The summed E-state index contributed by atoms with van der Waals surface area (Å²) in [5.74, 6) is 0.239. The fraction of sp³-hybridized carbons (Fsp3) is 0.175. The Hall–Kier alpha value is -5.09. The Morgan fingerprint density at radius 2 is 1.16 bits per heavy atom. The van der Waals surface area contributed by atoms with Crippen LogP contribution >= 0.6 is 0 Å². The van der Waals surface area contributed by atoms with E-state index >= 15 is 0 Å². The Morgan fingerprint density at radius 3 is 1.61 bits per heavy atom. The van der Waals surface area contributed by atoms with Crippen LogP contribution in [0.3, 0.4) is 0 Å². The third-order valence-electron chi connectivity index (χ3n) is 7.74. The van der Waals surface area contributed by atoms with Crippen LogP contribution in [0.5, 0.6) is 11.5 Å². The van der Waals surface area contributed by atoms with Crippen molar-refractivity contribution in [2.75, 3.05) is 13.2 Å². The van der Waals surface area contributed by atoms with Gasteiger partial charge in [0, 0.05) is 0 Å². The molecule has 0 heterocycles. The van der Waals surface area contributed by atoms with Gasteiger partial charge in [0.25, 0.3) is 0 Å². The van der Waals surface area contributed by atoms with Gasteiger partial charge in [-0.2, -0.15) is 0 Å². The van der Waals surface area contributed by atoms with Gasteiger partial charge in [-0.1, -0.05) is 115 Å². The Kier molecular flexibility index (Phi) is 9.61. The topological polar surface area (TPSA) is 55.8 Å². The zero-order valence-corrected chi connectivity index (χ0v) is 25.8. The molecule has 0 bridgehead atoms. The maximum Gasteiger partial charge on any atom is 0.341 e. The molecule has 4 nitrogen and oxygen atoms in total. The Morgan fingerprint density at radius 1 is 0.614 bits per heavy atom. The normalized spacial score (nSPS) is 10.7. The van der Waals surface area contributed by atoms with Gasteiger partial charge in [-0.05, 0) is 95.5 Å². The molecule has 5 aromatic rings. The molecule has 222 valence electrons. The van der Waals surface area contributed by atoms with Gasteiger partial charge in [0.1, 0.15) is 18.1 Å². The van der Waals surface area contributed by atoms with E-state index in [0.717, 1.165) is 28.7 Å². The van der Waals surface area contributed by atoms with Crippen molar-refractivity contribution < 1.29 is 19.4 Å². The van der Waals surface area contributed by atoms with Crippen molar-refractivity contribution in [2.24, 2.45) is 0 Å². The van der Waals surface area contributed by atoms with Crippen LogP contribution < -0.4 is 9.47 Å².